The van der Waals surface area contributed by atoms with Gasteiger partial charge in [0.2, 0.25) is 0 Å². The molecule has 0 aliphatic heterocycles. The Morgan fingerprint density at radius 2 is 1.89 bits per heavy atom. The summed E-state index contributed by atoms with van der Waals surface area (Å²) in [6.45, 7) is 3.80. The average molecular weight is 258 g/mol. The molecule has 0 amide bonds. The monoisotopic (exact) mass is 258 g/mol. The molecule has 0 heterocycles. The van der Waals surface area contributed by atoms with Crippen molar-refractivity contribution in [1.29, 1.82) is 0 Å². The molecule has 0 radical (unpaired) electrons. The second kappa shape index (κ2) is 6.25. The first-order valence-electron chi connectivity index (χ1n) is 6.16. The minimum atomic E-state index is -0.895. The maximum atomic E-state index is 13.5. The lowest BCUT2D eigenvalue weighted by atomic mass is 9.86. The molecule has 0 aromatic heterocycles. The number of halogens is 2. The van der Waals surface area contributed by atoms with E-state index in [2.05, 4.69) is 0 Å². The lowest BCUT2D eigenvalue weighted by molar-refractivity contribution is -0.107. The highest BCUT2D eigenvalue weighted by Gasteiger charge is 2.35. The number of ether oxygens (including phenoxy) is 1. The molecule has 0 saturated carbocycles. The van der Waals surface area contributed by atoms with E-state index >= 15 is 0 Å². The zero-order valence-electron chi connectivity index (χ0n) is 11.0. The maximum Gasteiger partial charge on any atom is 0.162 e. The highest BCUT2D eigenvalue weighted by Crippen LogP contribution is 2.27. The molecule has 1 aromatic carbocycles. The Labute approximate surface area is 107 Å². The van der Waals surface area contributed by atoms with Crippen LogP contribution < -0.4 is 0 Å². The van der Waals surface area contributed by atoms with Gasteiger partial charge in [-0.3, -0.25) is 0 Å². The Hall–Kier alpha value is -1.00. The largest absolute Gasteiger partial charge is 0.390 e. The summed E-state index contributed by atoms with van der Waals surface area (Å²) in [5.41, 5.74) is -0.538. The van der Waals surface area contributed by atoms with E-state index in [9.17, 15) is 13.9 Å². The second-order valence-corrected chi connectivity index (χ2v) is 4.41. The van der Waals surface area contributed by atoms with Crippen molar-refractivity contribution in [2.75, 3.05) is 7.11 Å². The Bertz CT molecular complexity index is 381. The SMILES string of the molecule is CCC(CC)(OC)C(O)Cc1cccc(F)c1F. The predicted molar refractivity (Wildman–Crippen MR) is 66.4 cm³/mol. The number of methoxy groups -OCH3 is 1. The normalized spacial score (nSPS) is 13.7. The lowest BCUT2D eigenvalue weighted by Gasteiger charge is -2.35. The van der Waals surface area contributed by atoms with Crippen molar-refractivity contribution in [1.82, 2.24) is 0 Å². The van der Waals surface area contributed by atoms with Gasteiger partial charge in [0.1, 0.15) is 0 Å². The van der Waals surface area contributed by atoms with Crippen LogP contribution in [0.1, 0.15) is 32.3 Å². The van der Waals surface area contributed by atoms with E-state index in [0.717, 1.165) is 6.07 Å². The summed E-state index contributed by atoms with van der Waals surface area (Å²) in [6.07, 6.45) is 0.392. The first-order valence-corrected chi connectivity index (χ1v) is 6.16. The van der Waals surface area contributed by atoms with Gasteiger partial charge in [-0.25, -0.2) is 8.78 Å². The van der Waals surface area contributed by atoms with E-state index in [4.69, 9.17) is 4.74 Å². The van der Waals surface area contributed by atoms with E-state index in [0.29, 0.717) is 12.8 Å². The van der Waals surface area contributed by atoms with Gasteiger partial charge < -0.3 is 9.84 Å². The first-order chi connectivity index (χ1) is 8.50. The molecule has 4 heteroatoms. The quantitative estimate of drug-likeness (QED) is 0.849. The number of aliphatic hydroxyl groups is 1. The summed E-state index contributed by atoms with van der Waals surface area (Å²) >= 11 is 0. The summed E-state index contributed by atoms with van der Waals surface area (Å²) in [5, 5.41) is 10.2. The minimum absolute atomic E-state index is 0.0408. The summed E-state index contributed by atoms with van der Waals surface area (Å²) in [6, 6.07) is 3.98. The molecular weight excluding hydrogens is 238 g/mol. The van der Waals surface area contributed by atoms with Crippen molar-refractivity contribution < 1.29 is 18.6 Å². The molecule has 1 aromatic rings. The van der Waals surface area contributed by atoms with E-state index in [1.165, 1.54) is 19.2 Å². The minimum Gasteiger partial charge on any atom is -0.390 e. The highest BCUT2D eigenvalue weighted by molar-refractivity contribution is 5.20. The van der Waals surface area contributed by atoms with Gasteiger partial charge in [-0.2, -0.15) is 0 Å². The molecule has 1 N–H and O–H groups in total. The van der Waals surface area contributed by atoms with Crippen molar-refractivity contribution in [2.24, 2.45) is 0 Å². The topological polar surface area (TPSA) is 29.5 Å². The van der Waals surface area contributed by atoms with Crippen LogP contribution in [0.4, 0.5) is 8.78 Å². The molecule has 1 atom stereocenters. The molecule has 0 fully saturated rings. The smallest absolute Gasteiger partial charge is 0.162 e. The Balaban J connectivity index is 2.92. The van der Waals surface area contributed by atoms with Crippen LogP contribution in [-0.2, 0) is 11.2 Å². The molecule has 102 valence electrons. The van der Waals surface area contributed by atoms with Gasteiger partial charge in [-0.1, -0.05) is 26.0 Å². The molecule has 2 nitrogen and oxygen atoms in total. The van der Waals surface area contributed by atoms with Crippen LogP contribution in [0.3, 0.4) is 0 Å². The van der Waals surface area contributed by atoms with Gasteiger partial charge in [0.25, 0.3) is 0 Å². The zero-order chi connectivity index (χ0) is 13.8. The van der Waals surface area contributed by atoms with Gasteiger partial charge in [0.05, 0.1) is 11.7 Å². The zero-order valence-corrected chi connectivity index (χ0v) is 11.0. The van der Waals surface area contributed by atoms with Crippen molar-refractivity contribution in [2.45, 2.75) is 44.8 Å². The predicted octanol–water partition coefficient (Wildman–Crippen LogP) is 3.07. The Morgan fingerprint density at radius 1 is 1.28 bits per heavy atom. The van der Waals surface area contributed by atoms with Crippen LogP contribution in [0.5, 0.6) is 0 Å². The maximum absolute atomic E-state index is 13.5. The van der Waals surface area contributed by atoms with Crippen molar-refractivity contribution in [3.63, 3.8) is 0 Å². The average Bonchev–Trinajstić information content (AvgIpc) is 2.38. The third kappa shape index (κ3) is 2.87. The van der Waals surface area contributed by atoms with Crippen molar-refractivity contribution in [3.8, 4) is 0 Å². The van der Waals surface area contributed by atoms with Gasteiger partial charge in [0, 0.05) is 13.5 Å². The van der Waals surface area contributed by atoms with Gasteiger partial charge in [-0.15, -0.1) is 0 Å². The number of hydrogen-bond acceptors (Lipinski definition) is 2. The fourth-order valence-electron chi connectivity index (χ4n) is 2.25. The van der Waals surface area contributed by atoms with E-state index in [1.54, 1.807) is 0 Å². The van der Waals surface area contributed by atoms with Crippen LogP contribution in [0, 0.1) is 11.6 Å². The second-order valence-electron chi connectivity index (χ2n) is 4.41. The number of benzene rings is 1. The summed E-state index contributed by atoms with van der Waals surface area (Å²) in [4.78, 5) is 0. The van der Waals surface area contributed by atoms with Crippen LogP contribution >= 0.6 is 0 Å². The third-order valence-corrected chi connectivity index (χ3v) is 3.66. The van der Waals surface area contributed by atoms with Crippen LogP contribution in [-0.4, -0.2) is 23.9 Å². The van der Waals surface area contributed by atoms with Crippen LogP contribution in [0.15, 0.2) is 18.2 Å². The fraction of sp³-hybridized carbons (Fsp3) is 0.571. The molecule has 0 aliphatic carbocycles. The molecule has 1 rings (SSSR count). The van der Waals surface area contributed by atoms with Crippen molar-refractivity contribution in [3.05, 3.63) is 35.4 Å². The lowest BCUT2D eigenvalue weighted by Crippen LogP contribution is -2.44. The summed E-state index contributed by atoms with van der Waals surface area (Å²) in [7, 11) is 1.53. The van der Waals surface area contributed by atoms with Gasteiger partial charge in [0.15, 0.2) is 11.6 Å². The molecule has 0 aliphatic rings. The molecule has 0 saturated heterocycles. The molecule has 1 unspecified atom stereocenters. The standard InChI is InChI=1S/C14H20F2O2/c1-4-14(5-2,18-3)12(17)9-10-7-6-8-11(15)13(10)16/h6-8,12,17H,4-5,9H2,1-3H3. The molecule has 0 spiro atoms. The summed E-state index contributed by atoms with van der Waals surface area (Å²) in [5.74, 6) is -1.79. The van der Waals surface area contributed by atoms with Gasteiger partial charge in [-0.05, 0) is 24.5 Å². The molecule has 18 heavy (non-hydrogen) atoms. The van der Waals surface area contributed by atoms with Crippen molar-refractivity contribution >= 4 is 0 Å². The number of rotatable bonds is 6. The molecule has 0 bridgehead atoms. The number of aliphatic hydroxyl groups excluding tert-OH is 1. The third-order valence-electron chi connectivity index (χ3n) is 3.66. The van der Waals surface area contributed by atoms with E-state index < -0.39 is 23.3 Å². The Kier molecular flexibility index (Phi) is 5.23. The van der Waals surface area contributed by atoms with Crippen LogP contribution in [0.2, 0.25) is 0 Å². The van der Waals surface area contributed by atoms with Crippen LogP contribution in [0.25, 0.3) is 0 Å². The number of hydrogen-bond donors (Lipinski definition) is 1. The summed E-state index contributed by atoms with van der Waals surface area (Å²) < 4.78 is 32.0. The molecular formula is C14H20F2O2. The Morgan fingerprint density at radius 3 is 2.39 bits per heavy atom. The first kappa shape index (κ1) is 15.1. The highest BCUT2D eigenvalue weighted by atomic mass is 19.2. The van der Waals surface area contributed by atoms with E-state index in [1.807, 2.05) is 13.8 Å². The van der Waals surface area contributed by atoms with Gasteiger partial charge >= 0.3 is 0 Å². The fourth-order valence-corrected chi connectivity index (χ4v) is 2.25. The van der Waals surface area contributed by atoms with E-state index in [-0.39, 0.29) is 12.0 Å².